The van der Waals surface area contributed by atoms with Gasteiger partial charge in [0, 0.05) is 11.6 Å². The van der Waals surface area contributed by atoms with E-state index in [9.17, 15) is 10.1 Å². The molecule has 1 saturated heterocycles. The second-order valence-electron chi connectivity index (χ2n) is 4.75. The number of nitro benzene ring substituents is 1. The Kier molecular flexibility index (Phi) is 3.54. The monoisotopic (exact) mass is 336 g/mol. The SMILES string of the molecule is O=[N+]([O-])c1ccc(-c2cnc([C@@H]3CCCN3)[nH]2)cc1Br. The van der Waals surface area contributed by atoms with Gasteiger partial charge in [0.15, 0.2) is 0 Å². The highest BCUT2D eigenvalue weighted by molar-refractivity contribution is 9.10. The summed E-state index contributed by atoms with van der Waals surface area (Å²) < 4.78 is 0.468. The predicted molar refractivity (Wildman–Crippen MR) is 78.4 cm³/mol. The van der Waals surface area contributed by atoms with E-state index in [1.54, 1.807) is 18.3 Å². The van der Waals surface area contributed by atoms with Crippen LogP contribution >= 0.6 is 15.9 Å². The summed E-state index contributed by atoms with van der Waals surface area (Å²) in [5.74, 6) is 0.923. The molecule has 0 aliphatic carbocycles. The summed E-state index contributed by atoms with van der Waals surface area (Å²) in [5.41, 5.74) is 1.80. The molecule has 2 aromatic rings. The van der Waals surface area contributed by atoms with Crippen LogP contribution < -0.4 is 5.32 Å². The van der Waals surface area contributed by atoms with E-state index in [-0.39, 0.29) is 11.7 Å². The molecule has 1 aromatic heterocycles. The van der Waals surface area contributed by atoms with Crippen molar-refractivity contribution in [2.45, 2.75) is 18.9 Å². The van der Waals surface area contributed by atoms with Crippen molar-refractivity contribution in [3.8, 4) is 11.3 Å². The van der Waals surface area contributed by atoms with E-state index < -0.39 is 4.92 Å². The van der Waals surface area contributed by atoms with Crippen LogP contribution in [0, 0.1) is 10.1 Å². The van der Waals surface area contributed by atoms with E-state index in [0.29, 0.717) is 4.47 Å². The highest BCUT2D eigenvalue weighted by atomic mass is 79.9. The highest BCUT2D eigenvalue weighted by Crippen LogP contribution is 2.30. The minimum absolute atomic E-state index is 0.0611. The molecule has 1 fully saturated rings. The van der Waals surface area contributed by atoms with Crippen LogP contribution in [0.15, 0.2) is 28.9 Å². The molecule has 104 valence electrons. The quantitative estimate of drug-likeness (QED) is 0.666. The van der Waals surface area contributed by atoms with Gasteiger partial charge in [-0.05, 0) is 47.4 Å². The minimum Gasteiger partial charge on any atom is -0.341 e. The lowest BCUT2D eigenvalue weighted by Crippen LogP contribution is -2.14. The number of benzene rings is 1. The largest absolute Gasteiger partial charge is 0.341 e. The molecule has 2 heterocycles. The number of hydrogen-bond donors (Lipinski definition) is 2. The van der Waals surface area contributed by atoms with Crippen molar-refractivity contribution in [1.29, 1.82) is 0 Å². The van der Waals surface area contributed by atoms with Gasteiger partial charge in [0.25, 0.3) is 5.69 Å². The van der Waals surface area contributed by atoms with Gasteiger partial charge in [-0.3, -0.25) is 10.1 Å². The molecule has 0 spiro atoms. The number of halogens is 1. The van der Waals surface area contributed by atoms with Crippen molar-refractivity contribution >= 4 is 21.6 Å². The molecule has 1 aliphatic rings. The Labute approximate surface area is 123 Å². The summed E-state index contributed by atoms with van der Waals surface area (Å²) in [5, 5.41) is 14.2. The standard InChI is InChI=1S/C13H13BrN4O2/c14-9-6-8(3-4-12(9)18(19)20)11-7-16-13(17-11)10-2-1-5-15-10/h3-4,6-7,10,15H,1-2,5H2,(H,16,17)/t10-/m0/s1. The Morgan fingerprint density at radius 1 is 1.45 bits per heavy atom. The summed E-state index contributed by atoms with van der Waals surface area (Å²) in [7, 11) is 0. The third-order valence-corrected chi connectivity index (χ3v) is 4.08. The van der Waals surface area contributed by atoms with Gasteiger partial charge in [0.2, 0.25) is 0 Å². The number of imidazole rings is 1. The van der Waals surface area contributed by atoms with Crippen molar-refractivity contribution in [1.82, 2.24) is 15.3 Å². The van der Waals surface area contributed by atoms with Gasteiger partial charge in [-0.2, -0.15) is 0 Å². The number of nitrogens with zero attached hydrogens (tertiary/aromatic N) is 2. The maximum absolute atomic E-state index is 10.8. The molecular formula is C13H13BrN4O2. The minimum atomic E-state index is -0.408. The first kappa shape index (κ1) is 13.3. The molecule has 2 N–H and O–H groups in total. The van der Waals surface area contributed by atoms with Crippen molar-refractivity contribution in [3.63, 3.8) is 0 Å². The highest BCUT2D eigenvalue weighted by Gasteiger charge is 2.20. The summed E-state index contributed by atoms with van der Waals surface area (Å²) >= 11 is 3.23. The normalized spacial score (nSPS) is 18.4. The predicted octanol–water partition coefficient (Wildman–Crippen LogP) is 3.17. The first-order chi connectivity index (χ1) is 9.65. The van der Waals surface area contributed by atoms with Crippen LogP contribution in [0.4, 0.5) is 5.69 Å². The van der Waals surface area contributed by atoms with E-state index in [2.05, 4.69) is 31.2 Å². The van der Waals surface area contributed by atoms with Gasteiger partial charge >= 0.3 is 0 Å². The van der Waals surface area contributed by atoms with Gasteiger partial charge < -0.3 is 10.3 Å². The van der Waals surface area contributed by atoms with Crippen LogP contribution in [0.1, 0.15) is 24.7 Å². The first-order valence-electron chi connectivity index (χ1n) is 6.38. The third-order valence-electron chi connectivity index (χ3n) is 3.44. The van der Waals surface area contributed by atoms with Crippen LogP contribution in [-0.4, -0.2) is 21.4 Å². The van der Waals surface area contributed by atoms with Gasteiger partial charge in [0.1, 0.15) is 5.82 Å². The molecule has 6 nitrogen and oxygen atoms in total. The Hall–Kier alpha value is -1.73. The molecule has 3 rings (SSSR count). The van der Waals surface area contributed by atoms with Crippen LogP contribution in [0.25, 0.3) is 11.3 Å². The second kappa shape index (κ2) is 5.34. The van der Waals surface area contributed by atoms with Crippen LogP contribution in [0.3, 0.4) is 0 Å². The number of rotatable bonds is 3. The molecule has 0 amide bonds. The van der Waals surface area contributed by atoms with Gasteiger partial charge in [-0.25, -0.2) is 4.98 Å². The summed E-state index contributed by atoms with van der Waals surface area (Å²) in [6.07, 6.45) is 4.00. The summed E-state index contributed by atoms with van der Waals surface area (Å²) in [6.45, 7) is 1.02. The average molecular weight is 337 g/mol. The average Bonchev–Trinajstić information content (AvgIpc) is 3.09. The lowest BCUT2D eigenvalue weighted by atomic mass is 10.1. The summed E-state index contributed by atoms with van der Waals surface area (Å²) in [4.78, 5) is 18.1. The number of aromatic amines is 1. The first-order valence-corrected chi connectivity index (χ1v) is 7.17. The maximum atomic E-state index is 10.8. The fraction of sp³-hybridized carbons (Fsp3) is 0.308. The lowest BCUT2D eigenvalue weighted by molar-refractivity contribution is -0.385. The molecule has 0 radical (unpaired) electrons. The van der Waals surface area contributed by atoms with Crippen molar-refractivity contribution in [2.24, 2.45) is 0 Å². The number of hydrogen-bond acceptors (Lipinski definition) is 4. The third kappa shape index (κ3) is 2.46. The smallest absolute Gasteiger partial charge is 0.283 e. The Morgan fingerprint density at radius 2 is 2.30 bits per heavy atom. The van der Waals surface area contributed by atoms with Crippen LogP contribution in [0.2, 0.25) is 0 Å². The fourth-order valence-electron chi connectivity index (χ4n) is 2.40. The van der Waals surface area contributed by atoms with Crippen molar-refractivity contribution < 1.29 is 4.92 Å². The van der Waals surface area contributed by atoms with E-state index in [1.807, 2.05) is 0 Å². The zero-order valence-corrected chi connectivity index (χ0v) is 12.2. The molecule has 0 unspecified atom stereocenters. The topological polar surface area (TPSA) is 83.8 Å². The van der Waals surface area contributed by atoms with E-state index in [4.69, 9.17) is 0 Å². The van der Waals surface area contributed by atoms with Crippen molar-refractivity contribution in [2.75, 3.05) is 6.54 Å². The van der Waals surface area contributed by atoms with Crippen molar-refractivity contribution in [3.05, 3.63) is 44.8 Å². The molecule has 0 bridgehead atoms. The van der Waals surface area contributed by atoms with Crippen LogP contribution in [-0.2, 0) is 0 Å². The van der Waals surface area contributed by atoms with E-state index in [0.717, 1.165) is 36.5 Å². The van der Waals surface area contributed by atoms with E-state index >= 15 is 0 Å². The van der Waals surface area contributed by atoms with E-state index in [1.165, 1.54) is 6.07 Å². The van der Waals surface area contributed by atoms with Gasteiger partial charge in [-0.15, -0.1) is 0 Å². The fourth-order valence-corrected chi connectivity index (χ4v) is 2.92. The Balaban J connectivity index is 1.89. The second-order valence-corrected chi connectivity index (χ2v) is 5.61. The molecule has 1 aliphatic heterocycles. The Bertz CT molecular complexity index is 650. The Morgan fingerprint density at radius 3 is 2.95 bits per heavy atom. The zero-order chi connectivity index (χ0) is 14.1. The zero-order valence-electron chi connectivity index (χ0n) is 10.6. The van der Waals surface area contributed by atoms with Gasteiger partial charge in [-0.1, -0.05) is 0 Å². The lowest BCUT2D eigenvalue weighted by Gasteiger charge is -2.05. The molecule has 7 heteroatoms. The molecule has 0 saturated carbocycles. The maximum Gasteiger partial charge on any atom is 0.283 e. The molecular weight excluding hydrogens is 324 g/mol. The number of H-pyrrole nitrogens is 1. The molecule has 1 aromatic carbocycles. The number of aromatic nitrogens is 2. The number of nitrogens with one attached hydrogen (secondary N) is 2. The van der Waals surface area contributed by atoms with Gasteiger partial charge in [0.05, 0.1) is 27.3 Å². The molecule has 1 atom stereocenters. The van der Waals surface area contributed by atoms with Crippen LogP contribution in [0.5, 0.6) is 0 Å². The summed E-state index contributed by atoms with van der Waals surface area (Å²) in [6, 6.07) is 5.23. The molecule has 20 heavy (non-hydrogen) atoms. The number of nitro groups is 1.